The van der Waals surface area contributed by atoms with E-state index in [0.717, 1.165) is 12.6 Å². The summed E-state index contributed by atoms with van der Waals surface area (Å²) < 4.78 is 40.1. The first kappa shape index (κ1) is 16.4. The van der Waals surface area contributed by atoms with Crippen LogP contribution >= 0.6 is 0 Å². The summed E-state index contributed by atoms with van der Waals surface area (Å²) in [6, 6.07) is 3.83. The first-order valence-corrected chi connectivity index (χ1v) is 8.48. The van der Waals surface area contributed by atoms with Gasteiger partial charge in [-0.05, 0) is 37.6 Å². The summed E-state index contributed by atoms with van der Waals surface area (Å²) in [7, 11) is -3.67. The summed E-state index contributed by atoms with van der Waals surface area (Å²) in [5.41, 5.74) is 0.549. The molecule has 1 aliphatic heterocycles. The highest BCUT2D eigenvalue weighted by Crippen LogP contribution is 2.22. The van der Waals surface area contributed by atoms with E-state index in [1.165, 1.54) is 16.4 Å². The molecule has 0 aromatic heterocycles. The molecule has 5 nitrogen and oxygen atoms in total. The highest BCUT2D eigenvalue weighted by Gasteiger charge is 2.28. The fourth-order valence-electron chi connectivity index (χ4n) is 2.54. The summed E-state index contributed by atoms with van der Waals surface area (Å²) in [5.74, 6) is -0.545. The summed E-state index contributed by atoms with van der Waals surface area (Å²) in [6.07, 6.45) is 0.702. The number of nitrogens with zero attached hydrogens (tertiary/aromatic N) is 2. The molecule has 0 atom stereocenters. The standard InChI is InChI=1S/C14H21FN2O3S/c1-12-3-4-13(15)11-14(12)21(19,20)17-6-2-5-16(7-8-17)9-10-18/h3-4,11,18H,2,5-10H2,1H3. The van der Waals surface area contributed by atoms with Crippen LogP contribution in [0.5, 0.6) is 0 Å². The second-order valence-corrected chi connectivity index (χ2v) is 7.14. The summed E-state index contributed by atoms with van der Waals surface area (Å²) in [4.78, 5) is 2.08. The van der Waals surface area contributed by atoms with E-state index in [9.17, 15) is 12.8 Å². The van der Waals surface area contributed by atoms with Crippen molar-refractivity contribution in [2.45, 2.75) is 18.2 Å². The Balaban J connectivity index is 2.21. The Morgan fingerprint density at radius 1 is 1.24 bits per heavy atom. The topological polar surface area (TPSA) is 60.9 Å². The van der Waals surface area contributed by atoms with Gasteiger partial charge >= 0.3 is 0 Å². The van der Waals surface area contributed by atoms with Gasteiger partial charge in [0, 0.05) is 26.2 Å². The Morgan fingerprint density at radius 2 is 2.00 bits per heavy atom. The van der Waals surface area contributed by atoms with Crippen molar-refractivity contribution in [2.75, 3.05) is 39.3 Å². The minimum Gasteiger partial charge on any atom is -0.395 e. The maximum atomic E-state index is 13.4. The van der Waals surface area contributed by atoms with E-state index in [2.05, 4.69) is 0 Å². The van der Waals surface area contributed by atoms with Crippen molar-refractivity contribution < 1.29 is 17.9 Å². The van der Waals surface area contributed by atoms with Gasteiger partial charge in [-0.15, -0.1) is 0 Å². The third-order valence-electron chi connectivity index (χ3n) is 3.73. The van der Waals surface area contributed by atoms with Crippen LogP contribution in [0, 0.1) is 12.7 Å². The molecule has 1 heterocycles. The smallest absolute Gasteiger partial charge is 0.243 e. The zero-order chi connectivity index (χ0) is 15.5. The Bertz CT molecular complexity index is 592. The average Bonchev–Trinajstić information content (AvgIpc) is 2.68. The Morgan fingerprint density at radius 3 is 2.71 bits per heavy atom. The largest absolute Gasteiger partial charge is 0.395 e. The number of hydrogen-bond donors (Lipinski definition) is 1. The maximum absolute atomic E-state index is 13.4. The predicted octanol–water partition coefficient (Wildman–Crippen LogP) is 0.823. The van der Waals surface area contributed by atoms with Crippen LogP contribution in [0.1, 0.15) is 12.0 Å². The van der Waals surface area contributed by atoms with E-state index in [4.69, 9.17) is 5.11 Å². The number of aliphatic hydroxyl groups excluding tert-OH is 1. The highest BCUT2D eigenvalue weighted by molar-refractivity contribution is 7.89. The molecule has 1 aromatic rings. The lowest BCUT2D eigenvalue weighted by Gasteiger charge is -2.22. The second kappa shape index (κ2) is 6.83. The van der Waals surface area contributed by atoms with Crippen LogP contribution in [0.25, 0.3) is 0 Å². The molecule has 1 N–H and O–H groups in total. The third-order valence-corrected chi connectivity index (χ3v) is 5.77. The molecule has 0 unspecified atom stereocenters. The SMILES string of the molecule is Cc1ccc(F)cc1S(=O)(=O)N1CCCN(CCO)CC1. The van der Waals surface area contributed by atoms with Crippen LogP contribution in [-0.2, 0) is 10.0 Å². The minimum absolute atomic E-state index is 0.0399. The fourth-order valence-corrected chi connectivity index (χ4v) is 4.25. The monoisotopic (exact) mass is 316 g/mol. The first-order valence-electron chi connectivity index (χ1n) is 7.04. The van der Waals surface area contributed by atoms with E-state index in [1.807, 2.05) is 4.90 Å². The van der Waals surface area contributed by atoms with Crippen molar-refractivity contribution in [3.05, 3.63) is 29.6 Å². The fraction of sp³-hybridized carbons (Fsp3) is 0.571. The van der Waals surface area contributed by atoms with Crippen LogP contribution in [0.2, 0.25) is 0 Å². The number of β-amino-alcohol motifs (C(OH)–C–C–N with tert-alkyl or cyclic N) is 1. The molecule has 7 heteroatoms. The zero-order valence-electron chi connectivity index (χ0n) is 12.1. The maximum Gasteiger partial charge on any atom is 0.243 e. The molecular weight excluding hydrogens is 295 g/mol. The molecule has 1 saturated heterocycles. The molecule has 1 aromatic carbocycles. The predicted molar refractivity (Wildman–Crippen MR) is 78.0 cm³/mol. The van der Waals surface area contributed by atoms with E-state index in [0.29, 0.717) is 38.2 Å². The number of aliphatic hydroxyl groups is 1. The third kappa shape index (κ3) is 3.79. The molecule has 21 heavy (non-hydrogen) atoms. The number of sulfonamides is 1. The average molecular weight is 316 g/mol. The van der Waals surface area contributed by atoms with Gasteiger partial charge in [0.2, 0.25) is 10.0 Å². The van der Waals surface area contributed by atoms with Crippen LogP contribution in [0.3, 0.4) is 0 Å². The molecule has 1 aliphatic rings. The first-order chi connectivity index (χ1) is 9.95. The van der Waals surface area contributed by atoms with Crippen molar-refractivity contribution in [3.8, 4) is 0 Å². The normalized spacial score (nSPS) is 18.6. The Kier molecular flexibility index (Phi) is 5.32. The Hall–Kier alpha value is -1.02. The molecule has 118 valence electrons. The molecular formula is C14H21FN2O3S. The van der Waals surface area contributed by atoms with Crippen molar-refractivity contribution in [2.24, 2.45) is 0 Å². The lowest BCUT2D eigenvalue weighted by Crippen LogP contribution is -2.36. The van der Waals surface area contributed by atoms with Crippen LogP contribution < -0.4 is 0 Å². The number of aryl methyl sites for hydroxylation is 1. The Labute approximate surface area is 125 Å². The van der Waals surface area contributed by atoms with Crippen LogP contribution in [0.15, 0.2) is 23.1 Å². The lowest BCUT2D eigenvalue weighted by molar-refractivity contribution is 0.202. The number of halogens is 1. The quantitative estimate of drug-likeness (QED) is 0.893. The van der Waals surface area contributed by atoms with Gasteiger partial charge in [0.25, 0.3) is 0 Å². The zero-order valence-corrected chi connectivity index (χ0v) is 12.9. The van der Waals surface area contributed by atoms with Crippen molar-refractivity contribution in [1.29, 1.82) is 0 Å². The van der Waals surface area contributed by atoms with Crippen molar-refractivity contribution in [3.63, 3.8) is 0 Å². The van der Waals surface area contributed by atoms with Crippen LogP contribution in [-0.4, -0.2) is 62.1 Å². The van der Waals surface area contributed by atoms with E-state index in [1.54, 1.807) is 6.92 Å². The molecule has 0 bridgehead atoms. The van der Waals surface area contributed by atoms with Gasteiger partial charge < -0.3 is 5.11 Å². The van der Waals surface area contributed by atoms with Gasteiger partial charge in [0.1, 0.15) is 5.82 Å². The van der Waals surface area contributed by atoms with E-state index in [-0.39, 0.29) is 11.5 Å². The summed E-state index contributed by atoms with van der Waals surface area (Å²) in [6.45, 7) is 4.40. The number of hydrogen-bond acceptors (Lipinski definition) is 4. The summed E-state index contributed by atoms with van der Waals surface area (Å²) in [5, 5.41) is 8.97. The van der Waals surface area contributed by atoms with Gasteiger partial charge in [-0.2, -0.15) is 4.31 Å². The molecule has 1 fully saturated rings. The van der Waals surface area contributed by atoms with Crippen molar-refractivity contribution in [1.82, 2.24) is 9.21 Å². The van der Waals surface area contributed by atoms with Gasteiger partial charge in [0.15, 0.2) is 0 Å². The molecule has 0 radical (unpaired) electrons. The second-order valence-electron chi connectivity index (χ2n) is 5.23. The van der Waals surface area contributed by atoms with Gasteiger partial charge in [-0.3, -0.25) is 4.90 Å². The highest BCUT2D eigenvalue weighted by atomic mass is 32.2. The van der Waals surface area contributed by atoms with Gasteiger partial charge in [-0.25, -0.2) is 12.8 Å². The summed E-state index contributed by atoms with van der Waals surface area (Å²) >= 11 is 0. The molecule has 0 amide bonds. The molecule has 0 spiro atoms. The lowest BCUT2D eigenvalue weighted by atomic mass is 10.2. The van der Waals surface area contributed by atoms with Gasteiger partial charge in [-0.1, -0.05) is 6.07 Å². The number of benzene rings is 1. The van der Waals surface area contributed by atoms with Gasteiger partial charge in [0.05, 0.1) is 11.5 Å². The molecule has 2 rings (SSSR count). The van der Waals surface area contributed by atoms with Crippen molar-refractivity contribution >= 4 is 10.0 Å². The number of rotatable bonds is 4. The minimum atomic E-state index is -3.67. The van der Waals surface area contributed by atoms with E-state index < -0.39 is 15.8 Å². The van der Waals surface area contributed by atoms with E-state index >= 15 is 0 Å². The molecule has 0 aliphatic carbocycles. The molecule has 0 saturated carbocycles. The van der Waals surface area contributed by atoms with Crippen LogP contribution in [0.4, 0.5) is 4.39 Å².